The number of ether oxygens (including phenoxy) is 1. The van der Waals surface area contributed by atoms with Gasteiger partial charge in [-0.3, -0.25) is 0 Å². The third-order valence-corrected chi connectivity index (χ3v) is 2.60. The van der Waals surface area contributed by atoms with E-state index in [0.717, 1.165) is 0 Å². The van der Waals surface area contributed by atoms with E-state index in [1.807, 2.05) is 5.98 Å². The van der Waals surface area contributed by atoms with Gasteiger partial charge in [-0.2, -0.15) is 0 Å². The fourth-order valence-corrected chi connectivity index (χ4v) is 1.81. The van der Waals surface area contributed by atoms with Crippen molar-refractivity contribution in [2.45, 2.75) is 0 Å². The van der Waals surface area contributed by atoms with Gasteiger partial charge < -0.3 is 4.74 Å². The predicted octanol–water partition coefficient (Wildman–Crippen LogP) is 1.65. The second kappa shape index (κ2) is 2.91. The van der Waals surface area contributed by atoms with Crippen LogP contribution >= 0.6 is 7.55 Å². The molecule has 0 radical (unpaired) electrons. The molecule has 0 aromatic rings. The predicted molar refractivity (Wildman–Crippen MR) is 39.7 cm³/mol. The lowest BCUT2D eigenvalue weighted by molar-refractivity contribution is 0.432. The molecule has 0 saturated heterocycles. The minimum absolute atomic E-state index is 0.471. The van der Waals surface area contributed by atoms with Crippen molar-refractivity contribution in [1.29, 1.82) is 0 Å². The van der Waals surface area contributed by atoms with Gasteiger partial charge in [-0.1, -0.05) is 31.3 Å². The van der Waals surface area contributed by atoms with Crippen LogP contribution in [-0.2, 0) is 4.74 Å². The first-order chi connectivity index (χ1) is 3.93. The van der Waals surface area contributed by atoms with E-state index in [1.54, 1.807) is 7.11 Å². The molecule has 1 aliphatic heterocycles. The van der Waals surface area contributed by atoms with Crippen molar-refractivity contribution in [2.75, 3.05) is 7.11 Å². The van der Waals surface area contributed by atoms with E-state index >= 15 is 0 Å². The monoisotopic (exact) mass is 128 g/mol. The minimum atomic E-state index is -0.471. The molecule has 44 valence electrons. The Morgan fingerprint density at radius 1 is 1.38 bits per heavy atom. The minimum Gasteiger partial charge on any atom is -0.357 e. The average Bonchev–Trinajstić information content (AvgIpc) is 2.19. The van der Waals surface area contributed by atoms with Crippen LogP contribution in [0.2, 0.25) is 0 Å². The maximum atomic E-state index is 4.84. The molecule has 0 amide bonds. The molecule has 0 N–H and O–H groups in total. The fraction of sp³-hybridized carbons (Fsp3) is 0.167. The Bertz CT molecular complexity index is 142. The maximum Gasteiger partial charge on any atom is 0.0414 e. The molecular formula is C6H9OP. The molecule has 0 aromatic carbocycles. The summed E-state index contributed by atoms with van der Waals surface area (Å²) in [6.45, 7) is 0. The first kappa shape index (κ1) is 5.87. The van der Waals surface area contributed by atoms with Gasteiger partial charge in [-0.15, -0.1) is 0 Å². The van der Waals surface area contributed by atoms with Gasteiger partial charge in [0.05, 0.1) is 0 Å². The Labute approximate surface area is 50.1 Å². The van der Waals surface area contributed by atoms with Crippen molar-refractivity contribution in [1.82, 2.24) is 0 Å². The van der Waals surface area contributed by atoms with Crippen molar-refractivity contribution in [3.05, 3.63) is 23.8 Å². The largest absolute Gasteiger partial charge is 0.357 e. The van der Waals surface area contributed by atoms with Crippen molar-refractivity contribution in [2.24, 2.45) is 0 Å². The molecule has 0 aromatic heterocycles. The maximum absolute atomic E-state index is 4.84. The first-order valence-corrected chi connectivity index (χ1v) is 4.24. The zero-order valence-electron chi connectivity index (χ0n) is 4.79. The topological polar surface area (TPSA) is 9.23 Å². The zero-order chi connectivity index (χ0) is 5.82. The van der Waals surface area contributed by atoms with Gasteiger partial charge in [0.1, 0.15) is 0 Å². The van der Waals surface area contributed by atoms with Gasteiger partial charge in [-0.25, -0.2) is 0 Å². The summed E-state index contributed by atoms with van der Waals surface area (Å²) in [7, 11) is 1.22. The van der Waals surface area contributed by atoms with E-state index in [2.05, 4.69) is 23.8 Å². The molecule has 1 nitrogen and oxygen atoms in total. The van der Waals surface area contributed by atoms with Crippen LogP contribution in [0.25, 0.3) is 0 Å². The highest BCUT2D eigenvalue weighted by molar-refractivity contribution is 7.63. The third kappa shape index (κ3) is 1.36. The molecule has 1 heterocycles. The average molecular weight is 128 g/mol. The summed E-state index contributed by atoms with van der Waals surface area (Å²) in [5.74, 6) is 6.24. The highest BCUT2D eigenvalue weighted by Crippen LogP contribution is 2.29. The van der Waals surface area contributed by atoms with Gasteiger partial charge >= 0.3 is 0 Å². The van der Waals surface area contributed by atoms with Crippen LogP contribution in [0.3, 0.4) is 0 Å². The van der Waals surface area contributed by atoms with E-state index in [9.17, 15) is 0 Å². The number of hydrogen-bond donors (Lipinski definition) is 0. The highest BCUT2D eigenvalue weighted by Gasteiger charge is 1.85. The van der Waals surface area contributed by atoms with Crippen LogP contribution in [0.15, 0.2) is 23.8 Å². The molecule has 0 fully saturated rings. The SMILES string of the molecule is COC=[PH]1C=CC=C1. The van der Waals surface area contributed by atoms with Crippen molar-refractivity contribution in [3.63, 3.8) is 0 Å². The lowest BCUT2D eigenvalue weighted by Gasteiger charge is -1.86. The first-order valence-electron chi connectivity index (χ1n) is 2.51. The molecule has 0 aliphatic carbocycles. The van der Waals surface area contributed by atoms with Crippen LogP contribution in [0, 0.1) is 0 Å². The van der Waals surface area contributed by atoms with Crippen LogP contribution in [0.4, 0.5) is 0 Å². The summed E-state index contributed by atoms with van der Waals surface area (Å²) in [6, 6.07) is 0. The van der Waals surface area contributed by atoms with Crippen molar-refractivity contribution >= 4 is 13.5 Å². The van der Waals surface area contributed by atoms with Gasteiger partial charge in [0, 0.05) is 13.1 Å². The molecule has 0 saturated carbocycles. The quantitative estimate of drug-likeness (QED) is 0.488. The van der Waals surface area contributed by atoms with Gasteiger partial charge in [0.25, 0.3) is 0 Å². The smallest absolute Gasteiger partial charge is 0.0414 e. The molecule has 1 aliphatic rings. The van der Waals surface area contributed by atoms with Gasteiger partial charge in [0.15, 0.2) is 0 Å². The van der Waals surface area contributed by atoms with E-state index in [-0.39, 0.29) is 0 Å². The number of allylic oxidation sites excluding steroid dienone is 2. The van der Waals surface area contributed by atoms with E-state index in [4.69, 9.17) is 4.74 Å². The van der Waals surface area contributed by atoms with E-state index in [1.165, 1.54) is 0 Å². The zero-order valence-corrected chi connectivity index (χ0v) is 5.79. The second-order valence-corrected chi connectivity index (χ2v) is 3.47. The summed E-state index contributed by atoms with van der Waals surface area (Å²) in [5.41, 5.74) is 0. The summed E-state index contributed by atoms with van der Waals surface area (Å²) < 4.78 is 4.84. The second-order valence-electron chi connectivity index (χ2n) is 1.57. The van der Waals surface area contributed by atoms with Crippen LogP contribution in [0.1, 0.15) is 0 Å². The Kier molecular flexibility index (Phi) is 2.13. The fourth-order valence-electron chi connectivity index (χ4n) is 0.604. The highest BCUT2D eigenvalue weighted by atomic mass is 31.1. The van der Waals surface area contributed by atoms with E-state index < -0.39 is 7.55 Å². The summed E-state index contributed by atoms with van der Waals surface area (Å²) >= 11 is 0. The lowest BCUT2D eigenvalue weighted by atomic mass is 10.6. The normalized spacial score (nSPS) is 17.6. The summed E-state index contributed by atoms with van der Waals surface area (Å²) in [6.07, 6.45) is 4.12. The Hall–Kier alpha value is -0.260. The van der Waals surface area contributed by atoms with Gasteiger partial charge in [-0.05, 0) is 0 Å². The molecular weight excluding hydrogens is 119 g/mol. The Morgan fingerprint density at radius 3 is 2.50 bits per heavy atom. The van der Waals surface area contributed by atoms with Gasteiger partial charge in [0.2, 0.25) is 0 Å². The molecule has 8 heavy (non-hydrogen) atoms. The lowest BCUT2D eigenvalue weighted by Crippen LogP contribution is -1.69. The van der Waals surface area contributed by atoms with Crippen LogP contribution < -0.4 is 0 Å². The van der Waals surface area contributed by atoms with Crippen molar-refractivity contribution in [3.8, 4) is 0 Å². The molecule has 0 spiro atoms. The molecule has 2 heteroatoms. The Morgan fingerprint density at radius 2 is 2.00 bits per heavy atom. The Balaban J connectivity index is 2.60. The van der Waals surface area contributed by atoms with Crippen molar-refractivity contribution < 1.29 is 4.74 Å². The molecule has 0 atom stereocenters. The molecule has 0 unspecified atom stereocenters. The van der Waals surface area contributed by atoms with E-state index in [0.29, 0.717) is 0 Å². The molecule has 0 bridgehead atoms. The standard InChI is InChI=1S/C6H9OP/c1-7-6-8-4-2-3-5-8/h2-6,8H,1H3. The van der Waals surface area contributed by atoms with Crippen LogP contribution in [0.5, 0.6) is 0 Å². The number of methoxy groups -OCH3 is 1. The molecule has 1 rings (SSSR count). The summed E-state index contributed by atoms with van der Waals surface area (Å²) in [4.78, 5) is 0. The number of hydrogen-bond acceptors (Lipinski definition) is 1. The van der Waals surface area contributed by atoms with Crippen LogP contribution in [-0.4, -0.2) is 13.1 Å². The number of rotatable bonds is 1. The summed E-state index contributed by atoms with van der Waals surface area (Å²) in [5, 5.41) is 0. The third-order valence-electron chi connectivity index (χ3n) is 0.942.